The van der Waals surface area contributed by atoms with Crippen LogP contribution in [0.5, 0.6) is 0 Å². The molecular formula is C32H19BrCl4N4S. The van der Waals surface area contributed by atoms with Gasteiger partial charge in [-0.05, 0) is 76.6 Å². The van der Waals surface area contributed by atoms with Crippen LogP contribution in [0.2, 0.25) is 20.1 Å². The number of rotatable bonds is 6. The summed E-state index contributed by atoms with van der Waals surface area (Å²) in [4.78, 5) is 18.1. The van der Waals surface area contributed by atoms with Crippen LogP contribution in [0.15, 0.2) is 118 Å². The Kier molecular flexibility index (Phi) is 11.7. The van der Waals surface area contributed by atoms with Crippen LogP contribution in [0.1, 0.15) is 34.6 Å². The van der Waals surface area contributed by atoms with E-state index in [-0.39, 0.29) is 0 Å². The second-order valence-electron chi connectivity index (χ2n) is 8.57. The molecule has 0 aliphatic heterocycles. The normalized spacial score (nSPS) is 11.8. The average Bonchev–Trinajstić information content (AvgIpc) is 2.99. The molecule has 5 aromatic rings. The summed E-state index contributed by atoms with van der Waals surface area (Å²) in [5, 5.41) is 1.92. The molecule has 5 rings (SSSR count). The predicted molar refractivity (Wildman–Crippen MR) is 177 cm³/mol. The number of hydrogen-bond acceptors (Lipinski definition) is 3. The van der Waals surface area contributed by atoms with E-state index >= 15 is 0 Å². The lowest BCUT2D eigenvalue weighted by molar-refractivity contribution is 0.939. The topological polar surface area (TPSA) is 34.5 Å². The summed E-state index contributed by atoms with van der Waals surface area (Å²) in [5.74, 6) is 0. The van der Waals surface area contributed by atoms with Gasteiger partial charge in [0.05, 0.1) is 31.2 Å². The number of benzene rings is 3. The first kappa shape index (κ1) is 31.9. The van der Waals surface area contributed by atoms with Gasteiger partial charge in [-0.2, -0.15) is 0 Å². The summed E-state index contributed by atoms with van der Waals surface area (Å²) < 4.78 is 0.861. The van der Waals surface area contributed by atoms with Crippen molar-refractivity contribution in [2.75, 3.05) is 0 Å². The zero-order valence-corrected chi connectivity index (χ0v) is 27.0. The standard InChI is InChI=1S/C19H12Cl2N2S.C13H7BrCl2N2/c1-22-19(18-15(20)8-5-9-16(18)21)17-11-10-14(12-23-17)24-13-6-3-2-4-7-13;1-17-13(11-6-5-8(14)7-18-11)12-9(15)3-2-4-10(12)16/h2-12,19H;2-7,13H. The van der Waals surface area contributed by atoms with Crippen molar-refractivity contribution >= 4 is 74.1 Å². The fraction of sp³-hybridized carbons (Fsp3) is 0.0625. The maximum atomic E-state index is 7.52. The van der Waals surface area contributed by atoms with Crippen molar-refractivity contribution in [3.63, 3.8) is 0 Å². The van der Waals surface area contributed by atoms with Crippen molar-refractivity contribution in [2.45, 2.75) is 21.9 Å². The highest BCUT2D eigenvalue weighted by Gasteiger charge is 2.27. The number of aromatic nitrogens is 2. The van der Waals surface area contributed by atoms with E-state index in [1.54, 1.807) is 66.6 Å². The summed E-state index contributed by atoms with van der Waals surface area (Å²) in [5.41, 5.74) is 2.47. The van der Waals surface area contributed by atoms with Crippen LogP contribution in [0.4, 0.5) is 0 Å². The SMILES string of the molecule is [C-]#[N+]C(c1ccc(Br)cn1)c1c(Cl)cccc1Cl.[C-]#[N+]C(c1ccc(Sc2ccccc2)cn1)c1c(Cl)cccc1Cl. The zero-order chi connectivity index (χ0) is 30.1. The molecule has 0 radical (unpaired) electrons. The van der Waals surface area contributed by atoms with Crippen LogP contribution in [-0.2, 0) is 0 Å². The van der Waals surface area contributed by atoms with Crippen LogP contribution < -0.4 is 0 Å². The smallest absolute Gasteiger partial charge is 0.293 e. The molecule has 0 spiro atoms. The summed E-state index contributed by atoms with van der Waals surface area (Å²) in [6.07, 6.45) is 3.42. The van der Waals surface area contributed by atoms with Gasteiger partial charge in [-0.1, -0.05) is 88.5 Å². The first-order valence-corrected chi connectivity index (χ1v) is 15.4. The summed E-state index contributed by atoms with van der Waals surface area (Å²) >= 11 is 29.6. The lowest BCUT2D eigenvalue weighted by Crippen LogP contribution is -2.00. The quantitative estimate of drug-likeness (QED) is 0.164. The molecule has 0 saturated carbocycles. The van der Waals surface area contributed by atoms with Gasteiger partial charge in [-0.25, -0.2) is 13.1 Å². The Morgan fingerprint density at radius 3 is 1.45 bits per heavy atom. The van der Waals surface area contributed by atoms with E-state index in [0.717, 1.165) is 14.3 Å². The number of hydrogen-bond donors (Lipinski definition) is 0. The average molecular weight is 713 g/mol. The molecule has 0 bridgehead atoms. The van der Waals surface area contributed by atoms with E-state index in [0.29, 0.717) is 42.6 Å². The molecular weight excluding hydrogens is 694 g/mol. The van der Waals surface area contributed by atoms with Gasteiger partial charge in [-0.15, -0.1) is 0 Å². The van der Waals surface area contributed by atoms with E-state index in [2.05, 4.69) is 35.6 Å². The second kappa shape index (κ2) is 15.4. The molecule has 10 heteroatoms. The second-order valence-corrected chi connectivity index (χ2v) is 12.3. The lowest BCUT2D eigenvalue weighted by atomic mass is 10.0. The van der Waals surface area contributed by atoms with Gasteiger partial charge in [0.15, 0.2) is 0 Å². The highest BCUT2D eigenvalue weighted by Crippen LogP contribution is 2.37. The van der Waals surface area contributed by atoms with Crippen molar-refractivity contribution in [2.24, 2.45) is 0 Å². The van der Waals surface area contributed by atoms with Gasteiger partial charge >= 0.3 is 0 Å². The Hall–Kier alpha value is -3.07. The van der Waals surface area contributed by atoms with Crippen molar-refractivity contribution in [1.29, 1.82) is 0 Å². The van der Waals surface area contributed by atoms with Gasteiger partial charge < -0.3 is 9.69 Å². The molecule has 2 aromatic heterocycles. The minimum atomic E-state index is -0.609. The molecule has 0 aliphatic carbocycles. The van der Waals surface area contributed by atoms with E-state index < -0.39 is 12.1 Å². The Bertz CT molecular complexity index is 1700. The van der Waals surface area contributed by atoms with Crippen LogP contribution in [0.25, 0.3) is 9.69 Å². The summed E-state index contributed by atoms with van der Waals surface area (Å²) in [6, 6.07) is 26.8. The molecule has 208 valence electrons. The highest BCUT2D eigenvalue weighted by molar-refractivity contribution is 9.10. The first-order valence-electron chi connectivity index (χ1n) is 12.2. The first-order chi connectivity index (χ1) is 20.3. The van der Waals surface area contributed by atoms with Crippen molar-refractivity contribution in [3.05, 3.63) is 173 Å². The zero-order valence-electron chi connectivity index (χ0n) is 21.6. The Balaban J connectivity index is 0.000000201. The fourth-order valence-corrected chi connectivity index (χ4v) is 6.14. The van der Waals surface area contributed by atoms with Gasteiger partial charge in [0.25, 0.3) is 12.1 Å². The third kappa shape index (κ3) is 8.06. The van der Waals surface area contributed by atoms with Crippen LogP contribution in [0.3, 0.4) is 0 Å². The summed E-state index contributed by atoms with van der Waals surface area (Å²) in [6.45, 7) is 14.9. The lowest BCUT2D eigenvalue weighted by Gasteiger charge is -2.10. The molecule has 0 saturated heterocycles. The predicted octanol–water partition coefficient (Wildman–Crippen LogP) is 11.7. The highest BCUT2D eigenvalue weighted by atomic mass is 79.9. The van der Waals surface area contributed by atoms with Gasteiger partial charge in [0, 0.05) is 26.7 Å². The number of nitrogens with zero attached hydrogens (tertiary/aromatic N) is 4. The summed E-state index contributed by atoms with van der Waals surface area (Å²) in [7, 11) is 0. The Morgan fingerprint density at radius 1 is 0.571 bits per heavy atom. The molecule has 0 amide bonds. The van der Waals surface area contributed by atoms with Crippen LogP contribution in [-0.4, -0.2) is 9.97 Å². The maximum absolute atomic E-state index is 7.52. The number of halogens is 5. The molecule has 3 aromatic carbocycles. The van der Waals surface area contributed by atoms with Crippen molar-refractivity contribution in [3.8, 4) is 0 Å². The van der Waals surface area contributed by atoms with Gasteiger partial charge in [0.1, 0.15) is 11.4 Å². The van der Waals surface area contributed by atoms with E-state index in [4.69, 9.17) is 59.5 Å². The largest absolute Gasteiger partial charge is 0.301 e. The Labute approximate surface area is 277 Å². The monoisotopic (exact) mass is 710 g/mol. The molecule has 2 heterocycles. The molecule has 0 N–H and O–H groups in total. The van der Waals surface area contributed by atoms with Gasteiger partial charge in [0.2, 0.25) is 0 Å². The van der Waals surface area contributed by atoms with Crippen LogP contribution >= 0.6 is 74.1 Å². The van der Waals surface area contributed by atoms with Crippen molar-refractivity contribution < 1.29 is 0 Å². The van der Waals surface area contributed by atoms with E-state index in [1.807, 2.05) is 48.5 Å². The fourth-order valence-electron chi connectivity index (χ4n) is 3.89. The van der Waals surface area contributed by atoms with E-state index in [1.165, 1.54) is 0 Å². The third-order valence-electron chi connectivity index (χ3n) is 5.85. The Morgan fingerprint density at radius 2 is 1.05 bits per heavy atom. The van der Waals surface area contributed by atoms with Crippen molar-refractivity contribution in [1.82, 2.24) is 9.97 Å². The molecule has 4 nitrogen and oxygen atoms in total. The minimum Gasteiger partial charge on any atom is -0.301 e. The maximum Gasteiger partial charge on any atom is 0.293 e. The molecule has 0 aliphatic rings. The van der Waals surface area contributed by atoms with Gasteiger partial charge in [-0.3, -0.25) is 9.97 Å². The van der Waals surface area contributed by atoms with E-state index in [9.17, 15) is 0 Å². The number of pyridine rings is 2. The molecule has 2 unspecified atom stereocenters. The minimum absolute atomic E-state index is 0.480. The molecule has 42 heavy (non-hydrogen) atoms. The molecule has 2 atom stereocenters. The molecule has 0 fully saturated rings. The third-order valence-corrected chi connectivity index (χ3v) is 8.63. The van der Waals surface area contributed by atoms with Crippen LogP contribution in [0, 0.1) is 13.1 Å².